The maximum atomic E-state index is 13.1. The van der Waals surface area contributed by atoms with Gasteiger partial charge in [-0.15, -0.1) is 0 Å². The van der Waals surface area contributed by atoms with Crippen LogP contribution in [0, 0.1) is 21.7 Å². The fourth-order valence-corrected chi connectivity index (χ4v) is 2.38. The fourth-order valence-electron chi connectivity index (χ4n) is 1.83. The van der Waals surface area contributed by atoms with Crippen molar-refractivity contribution >= 4 is 21.6 Å². The largest absolute Gasteiger partial charge is 0.309 e. The van der Waals surface area contributed by atoms with E-state index in [1.165, 1.54) is 12.1 Å². The molecule has 0 aliphatic rings. The van der Waals surface area contributed by atoms with Crippen LogP contribution >= 0.6 is 15.9 Å². The average Bonchev–Trinajstić information content (AvgIpc) is 2.44. The third kappa shape index (κ3) is 3.83. The highest BCUT2D eigenvalue weighted by Crippen LogP contribution is 2.28. The third-order valence-corrected chi connectivity index (χ3v) is 3.80. The van der Waals surface area contributed by atoms with Crippen molar-refractivity contribution in [2.24, 2.45) is 0 Å². The Morgan fingerprint density at radius 1 is 1.14 bits per heavy atom. The molecule has 2 aromatic rings. The number of nitro benzene ring substituents is 1. The number of rotatable bonds is 5. The third-order valence-electron chi connectivity index (χ3n) is 2.88. The molecular weight excluding hydrogens is 346 g/mol. The predicted molar refractivity (Wildman–Crippen MR) is 77.7 cm³/mol. The molecule has 7 heteroatoms. The van der Waals surface area contributed by atoms with Gasteiger partial charge >= 0.3 is 0 Å². The maximum absolute atomic E-state index is 13.1. The molecule has 0 amide bonds. The van der Waals surface area contributed by atoms with Crippen LogP contribution in [0.4, 0.5) is 14.5 Å². The molecule has 0 fully saturated rings. The molecule has 0 heterocycles. The van der Waals surface area contributed by atoms with Crippen molar-refractivity contribution < 1.29 is 13.7 Å². The van der Waals surface area contributed by atoms with E-state index in [2.05, 4.69) is 21.2 Å². The van der Waals surface area contributed by atoms with Crippen LogP contribution in [0.2, 0.25) is 0 Å². The Morgan fingerprint density at radius 3 is 2.57 bits per heavy atom. The van der Waals surface area contributed by atoms with Crippen LogP contribution < -0.4 is 5.32 Å². The number of nitrogens with zero attached hydrogens (tertiary/aromatic N) is 1. The van der Waals surface area contributed by atoms with Gasteiger partial charge in [-0.1, -0.05) is 18.2 Å². The van der Waals surface area contributed by atoms with Crippen LogP contribution in [0.3, 0.4) is 0 Å². The summed E-state index contributed by atoms with van der Waals surface area (Å²) in [6.07, 6.45) is 0. The highest BCUT2D eigenvalue weighted by atomic mass is 79.9. The van der Waals surface area contributed by atoms with Crippen LogP contribution in [-0.4, -0.2) is 4.92 Å². The summed E-state index contributed by atoms with van der Waals surface area (Å²) in [4.78, 5) is 10.3. The van der Waals surface area contributed by atoms with Gasteiger partial charge in [-0.05, 0) is 39.2 Å². The van der Waals surface area contributed by atoms with Gasteiger partial charge in [0.05, 0.1) is 9.40 Å². The van der Waals surface area contributed by atoms with Gasteiger partial charge in [0, 0.05) is 19.2 Å². The van der Waals surface area contributed by atoms with Gasteiger partial charge in [-0.3, -0.25) is 10.1 Å². The summed E-state index contributed by atoms with van der Waals surface area (Å²) in [6.45, 7) is 0.688. The van der Waals surface area contributed by atoms with Crippen molar-refractivity contribution in [1.82, 2.24) is 5.32 Å². The van der Waals surface area contributed by atoms with Crippen LogP contribution in [0.25, 0.3) is 0 Å². The first-order chi connectivity index (χ1) is 9.99. The topological polar surface area (TPSA) is 55.2 Å². The fraction of sp³-hybridized carbons (Fsp3) is 0.143. The van der Waals surface area contributed by atoms with E-state index in [1.807, 2.05) is 0 Å². The first-order valence-corrected chi connectivity index (χ1v) is 6.84. The lowest BCUT2D eigenvalue weighted by atomic mass is 10.2. The Bertz CT molecular complexity index is 680. The van der Waals surface area contributed by atoms with Crippen LogP contribution in [0.15, 0.2) is 40.9 Å². The van der Waals surface area contributed by atoms with Gasteiger partial charge in [-0.25, -0.2) is 8.78 Å². The monoisotopic (exact) mass is 356 g/mol. The molecule has 0 atom stereocenters. The summed E-state index contributed by atoms with van der Waals surface area (Å²) in [5, 5.41) is 13.8. The van der Waals surface area contributed by atoms with E-state index in [0.29, 0.717) is 28.7 Å². The number of nitro groups is 1. The lowest BCUT2D eigenvalue weighted by Gasteiger charge is -2.07. The molecule has 0 radical (unpaired) electrons. The molecule has 1 N–H and O–H groups in total. The highest BCUT2D eigenvalue weighted by Gasteiger charge is 2.14. The van der Waals surface area contributed by atoms with Gasteiger partial charge in [0.2, 0.25) is 0 Å². The lowest BCUT2D eigenvalue weighted by Crippen LogP contribution is -2.13. The van der Waals surface area contributed by atoms with Crippen LogP contribution in [0.5, 0.6) is 0 Å². The standard InChI is InChI=1S/C14H11BrF2N2O2/c15-14-10(2-1-3-13(14)19(20)21)8-18-7-9-4-5-11(16)12(17)6-9/h1-6,18H,7-8H2. The minimum atomic E-state index is -0.897. The number of nitrogens with one attached hydrogen (secondary N) is 1. The quantitative estimate of drug-likeness (QED) is 0.652. The molecule has 0 saturated carbocycles. The van der Waals surface area contributed by atoms with Crippen molar-refractivity contribution in [3.63, 3.8) is 0 Å². The minimum absolute atomic E-state index is 0.0119. The maximum Gasteiger partial charge on any atom is 0.283 e. The lowest BCUT2D eigenvalue weighted by molar-refractivity contribution is -0.385. The molecule has 2 rings (SSSR count). The molecule has 110 valence electrons. The highest BCUT2D eigenvalue weighted by molar-refractivity contribution is 9.10. The van der Waals surface area contributed by atoms with Crippen LogP contribution in [0.1, 0.15) is 11.1 Å². The van der Waals surface area contributed by atoms with E-state index >= 15 is 0 Å². The number of benzene rings is 2. The molecular formula is C14H11BrF2N2O2. The zero-order chi connectivity index (χ0) is 15.4. The van der Waals surface area contributed by atoms with Gasteiger partial charge in [0.15, 0.2) is 11.6 Å². The van der Waals surface area contributed by atoms with Crippen LogP contribution in [-0.2, 0) is 13.1 Å². The Morgan fingerprint density at radius 2 is 1.90 bits per heavy atom. The van der Waals surface area contributed by atoms with E-state index in [9.17, 15) is 18.9 Å². The van der Waals surface area contributed by atoms with Crippen molar-refractivity contribution in [2.45, 2.75) is 13.1 Å². The normalized spacial score (nSPS) is 10.6. The van der Waals surface area contributed by atoms with Gasteiger partial charge in [0.1, 0.15) is 0 Å². The molecule has 0 spiro atoms. The van der Waals surface area contributed by atoms with Crippen molar-refractivity contribution in [2.75, 3.05) is 0 Å². The summed E-state index contributed by atoms with van der Waals surface area (Å²) >= 11 is 3.20. The minimum Gasteiger partial charge on any atom is -0.309 e. The zero-order valence-corrected chi connectivity index (χ0v) is 12.4. The summed E-state index contributed by atoms with van der Waals surface area (Å²) in [5.74, 6) is -1.79. The summed E-state index contributed by atoms with van der Waals surface area (Å²) in [7, 11) is 0. The van der Waals surface area contributed by atoms with E-state index in [-0.39, 0.29) is 5.69 Å². The van der Waals surface area contributed by atoms with E-state index < -0.39 is 16.6 Å². The second kappa shape index (κ2) is 6.73. The predicted octanol–water partition coefficient (Wildman–Crippen LogP) is 3.93. The molecule has 0 aliphatic carbocycles. The average molecular weight is 357 g/mol. The van der Waals surface area contributed by atoms with Gasteiger partial charge in [0.25, 0.3) is 5.69 Å². The molecule has 0 aromatic heterocycles. The van der Waals surface area contributed by atoms with E-state index in [0.717, 1.165) is 12.1 Å². The summed E-state index contributed by atoms with van der Waals surface area (Å²) < 4.78 is 26.3. The summed E-state index contributed by atoms with van der Waals surface area (Å²) in [6, 6.07) is 8.41. The van der Waals surface area contributed by atoms with Crippen molar-refractivity contribution in [1.29, 1.82) is 0 Å². The molecule has 4 nitrogen and oxygen atoms in total. The number of halogens is 3. The first-order valence-electron chi connectivity index (χ1n) is 6.05. The second-order valence-corrected chi connectivity index (χ2v) is 5.15. The van der Waals surface area contributed by atoms with Crippen molar-refractivity contribution in [3.05, 3.63) is 73.7 Å². The molecule has 2 aromatic carbocycles. The zero-order valence-electron chi connectivity index (χ0n) is 10.8. The van der Waals surface area contributed by atoms with E-state index in [1.54, 1.807) is 12.1 Å². The number of hydrogen-bond acceptors (Lipinski definition) is 3. The molecule has 0 saturated heterocycles. The van der Waals surface area contributed by atoms with Crippen molar-refractivity contribution in [3.8, 4) is 0 Å². The molecule has 21 heavy (non-hydrogen) atoms. The van der Waals surface area contributed by atoms with E-state index in [4.69, 9.17) is 0 Å². The summed E-state index contributed by atoms with van der Waals surface area (Å²) in [5.41, 5.74) is 1.30. The Hall–Kier alpha value is -1.86. The Balaban J connectivity index is 2.02. The smallest absolute Gasteiger partial charge is 0.283 e. The van der Waals surface area contributed by atoms with Gasteiger partial charge in [-0.2, -0.15) is 0 Å². The first kappa shape index (κ1) is 15.5. The molecule has 0 unspecified atom stereocenters. The van der Waals surface area contributed by atoms with Gasteiger partial charge < -0.3 is 5.32 Å². The second-order valence-electron chi connectivity index (χ2n) is 4.36. The molecule has 0 bridgehead atoms. The molecule has 0 aliphatic heterocycles. The Kier molecular flexibility index (Phi) is 4.98. The number of hydrogen-bond donors (Lipinski definition) is 1. The SMILES string of the molecule is O=[N+]([O-])c1cccc(CNCc2ccc(F)c(F)c2)c1Br. The Labute approximate surface area is 128 Å².